The van der Waals surface area contributed by atoms with Crippen molar-refractivity contribution in [1.82, 2.24) is 9.97 Å². The number of pyridine rings is 1. The molecule has 27 heavy (non-hydrogen) atoms. The number of thiazole rings is 1. The van der Waals surface area contributed by atoms with Crippen LogP contribution >= 0.6 is 11.3 Å². The lowest BCUT2D eigenvalue weighted by Gasteiger charge is -2.06. The van der Waals surface area contributed by atoms with Crippen molar-refractivity contribution in [2.45, 2.75) is 0 Å². The molecule has 0 unspecified atom stereocenters. The maximum absolute atomic E-state index is 12.4. The number of anilines is 1. The molecule has 1 amide bonds. The molecule has 0 aliphatic heterocycles. The molecular formula is C19H19N3O4S. The van der Waals surface area contributed by atoms with Crippen molar-refractivity contribution < 1.29 is 19.0 Å². The summed E-state index contributed by atoms with van der Waals surface area (Å²) in [5, 5.41) is 5.21. The molecule has 0 atom stereocenters. The van der Waals surface area contributed by atoms with Crippen molar-refractivity contribution in [2.75, 3.05) is 32.8 Å². The number of para-hydroxylation sites is 1. The Morgan fingerprint density at radius 2 is 2.00 bits per heavy atom. The van der Waals surface area contributed by atoms with Crippen LogP contribution in [0.15, 0.2) is 48.0 Å². The van der Waals surface area contributed by atoms with Gasteiger partial charge in [0.25, 0.3) is 5.91 Å². The number of amides is 1. The van der Waals surface area contributed by atoms with E-state index >= 15 is 0 Å². The Kier molecular flexibility index (Phi) is 6.35. The van der Waals surface area contributed by atoms with Gasteiger partial charge in [-0.05, 0) is 18.2 Å². The summed E-state index contributed by atoms with van der Waals surface area (Å²) in [5.41, 5.74) is 1.75. The van der Waals surface area contributed by atoms with E-state index < -0.39 is 0 Å². The van der Waals surface area contributed by atoms with Crippen molar-refractivity contribution in [1.29, 1.82) is 0 Å². The number of nitrogens with zero attached hydrogens (tertiary/aromatic N) is 2. The molecule has 0 aliphatic carbocycles. The van der Waals surface area contributed by atoms with Crippen LogP contribution in [0, 0.1) is 0 Å². The van der Waals surface area contributed by atoms with E-state index in [0.717, 1.165) is 10.6 Å². The van der Waals surface area contributed by atoms with Gasteiger partial charge in [0.05, 0.1) is 31.2 Å². The molecule has 0 fully saturated rings. The van der Waals surface area contributed by atoms with Gasteiger partial charge in [-0.15, -0.1) is 11.3 Å². The zero-order chi connectivity index (χ0) is 19.1. The van der Waals surface area contributed by atoms with Crippen LogP contribution in [-0.2, 0) is 4.74 Å². The highest BCUT2D eigenvalue weighted by molar-refractivity contribution is 7.13. The smallest absolute Gasteiger partial charge is 0.275 e. The first-order chi connectivity index (χ1) is 13.2. The van der Waals surface area contributed by atoms with Gasteiger partial charge in [0.2, 0.25) is 5.88 Å². The molecule has 7 nitrogen and oxygen atoms in total. The van der Waals surface area contributed by atoms with Gasteiger partial charge in [-0.3, -0.25) is 4.79 Å². The Morgan fingerprint density at radius 1 is 1.15 bits per heavy atom. The first-order valence-corrected chi connectivity index (χ1v) is 9.07. The number of rotatable bonds is 8. The van der Waals surface area contributed by atoms with Crippen molar-refractivity contribution in [3.05, 3.63) is 53.7 Å². The Balaban J connectivity index is 1.66. The van der Waals surface area contributed by atoms with Crippen LogP contribution < -0.4 is 14.8 Å². The van der Waals surface area contributed by atoms with Gasteiger partial charge in [0.15, 0.2) is 0 Å². The van der Waals surface area contributed by atoms with Gasteiger partial charge in [0.1, 0.15) is 23.1 Å². The zero-order valence-electron chi connectivity index (χ0n) is 15.0. The van der Waals surface area contributed by atoms with E-state index in [4.69, 9.17) is 14.2 Å². The third-order valence-corrected chi connectivity index (χ3v) is 4.48. The monoisotopic (exact) mass is 385 g/mol. The first-order valence-electron chi connectivity index (χ1n) is 8.19. The lowest BCUT2D eigenvalue weighted by atomic mass is 10.2. The number of methoxy groups -OCH3 is 2. The van der Waals surface area contributed by atoms with Gasteiger partial charge in [-0.1, -0.05) is 12.1 Å². The number of ether oxygens (including phenoxy) is 3. The summed E-state index contributed by atoms with van der Waals surface area (Å²) in [5.74, 6) is 0.881. The molecule has 0 bridgehead atoms. The number of benzene rings is 1. The average molecular weight is 385 g/mol. The topological polar surface area (TPSA) is 82.6 Å². The molecule has 2 heterocycles. The van der Waals surface area contributed by atoms with E-state index in [-0.39, 0.29) is 5.91 Å². The predicted molar refractivity (Wildman–Crippen MR) is 104 cm³/mol. The number of nitrogens with one attached hydrogen (secondary N) is 1. The third kappa shape index (κ3) is 4.81. The standard InChI is InChI=1S/C19H19N3O4S/c1-24-9-10-26-17-8-7-13(11-20-17)21-18(23)15-12-27-19(22-15)14-5-3-4-6-16(14)25-2/h3-8,11-12H,9-10H2,1-2H3,(H,21,23). The Morgan fingerprint density at radius 3 is 2.74 bits per heavy atom. The third-order valence-electron chi connectivity index (χ3n) is 3.61. The maximum Gasteiger partial charge on any atom is 0.275 e. The fourth-order valence-corrected chi connectivity index (χ4v) is 3.12. The van der Waals surface area contributed by atoms with Crippen LogP contribution in [0.5, 0.6) is 11.6 Å². The van der Waals surface area contributed by atoms with Crippen molar-refractivity contribution >= 4 is 22.9 Å². The molecule has 1 N–H and O–H groups in total. The summed E-state index contributed by atoms with van der Waals surface area (Å²) in [6, 6.07) is 11.0. The molecule has 140 valence electrons. The zero-order valence-corrected chi connectivity index (χ0v) is 15.8. The number of hydrogen-bond acceptors (Lipinski definition) is 7. The quantitative estimate of drug-likeness (QED) is 0.598. The summed E-state index contributed by atoms with van der Waals surface area (Å²) in [4.78, 5) is 21.0. The van der Waals surface area contributed by atoms with Crippen LogP contribution in [0.1, 0.15) is 10.5 Å². The highest BCUT2D eigenvalue weighted by Crippen LogP contribution is 2.32. The van der Waals surface area contributed by atoms with E-state index in [1.54, 1.807) is 31.7 Å². The number of hydrogen-bond donors (Lipinski definition) is 1. The summed E-state index contributed by atoms with van der Waals surface area (Å²) in [7, 11) is 3.21. The van der Waals surface area contributed by atoms with Crippen LogP contribution in [0.3, 0.4) is 0 Å². The molecule has 1 aromatic carbocycles. The van der Waals surface area contributed by atoms with Crippen LogP contribution in [0.2, 0.25) is 0 Å². The number of carbonyl (C=O) groups is 1. The second-order valence-electron chi connectivity index (χ2n) is 5.42. The molecule has 3 aromatic rings. The molecule has 2 aromatic heterocycles. The second-order valence-corrected chi connectivity index (χ2v) is 6.28. The average Bonchev–Trinajstić information content (AvgIpc) is 3.20. The summed E-state index contributed by atoms with van der Waals surface area (Å²) < 4.78 is 15.7. The number of aromatic nitrogens is 2. The fourth-order valence-electron chi connectivity index (χ4n) is 2.29. The Bertz CT molecular complexity index is 896. The van der Waals surface area contributed by atoms with Crippen molar-refractivity contribution in [2.24, 2.45) is 0 Å². The fraction of sp³-hybridized carbons (Fsp3) is 0.211. The normalized spacial score (nSPS) is 10.4. The van der Waals surface area contributed by atoms with E-state index in [1.165, 1.54) is 17.5 Å². The minimum atomic E-state index is -0.303. The van der Waals surface area contributed by atoms with Gasteiger partial charge in [-0.2, -0.15) is 0 Å². The lowest BCUT2D eigenvalue weighted by Crippen LogP contribution is -2.12. The molecule has 0 saturated heterocycles. The van der Waals surface area contributed by atoms with E-state index in [9.17, 15) is 4.79 Å². The molecule has 8 heteroatoms. The van der Waals surface area contributed by atoms with Gasteiger partial charge in [0, 0.05) is 18.6 Å². The van der Waals surface area contributed by atoms with E-state index in [1.807, 2.05) is 24.3 Å². The van der Waals surface area contributed by atoms with Crippen molar-refractivity contribution in [3.8, 4) is 22.2 Å². The molecule has 0 saturated carbocycles. The highest BCUT2D eigenvalue weighted by Gasteiger charge is 2.14. The maximum atomic E-state index is 12.4. The first kappa shape index (κ1) is 18.8. The van der Waals surface area contributed by atoms with Gasteiger partial charge < -0.3 is 19.5 Å². The Labute approximate surface area is 161 Å². The SMILES string of the molecule is COCCOc1ccc(NC(=O)c2csc(-c3ccccc3OC)n2)cn1. The summed E-state index contributed by atoms with van der Waals surface area (Å²) in [6.45, 7) is 0.901. The molecule has 0 spiro atoms. The van der Waals surface area contributed by atoms with E-state index in [0.29, 0.717) is 36.2 Å². The van der Waals surface area contributed by atoms with Crippen molar-refractivity contribution in [3.63, 3.8) is 0 Å². The van der Waals surface area contributed by atoms with Crippen LogP contribution in [0.4, 0.5) is 5.69 Å². The molecular weight excluding hydrogens is 366 g/mol. The summed E-state index contributed by atoms with van der Waals surface area (Å²) >= 11 is 1.39. The molecule has 3 rings (SSSR count). The predicted octanol–water partition coefficient (Wildman–Crippen LogP) is 3.49. The lowest BCUT2D eigenvalue weighted by molar-refractivity contribution is 0.102. The second kappa shape index (κ2) is 9.11. The van der Waals surface area contributed by atoms with Gasteiger partial charge in [-0.25, -0.2) is 9.97 Å². The number of carbonyl (C=O) groups excluding carboxylic acids is 1. The van der Waals surface area contributed by atoms with E-state index in [2.05, 4.69) is 15.3 Å². The van der Waals surface area contributed by atoms with Gasteiger partial charge >= 0.3 is 0 Å². The molecule has 0 aliphatic rings. The largest absolute Gasteiger partial charge is 0.496 e. The molecule has 0 radical (unpaired) electrons. The Hall–Kier alpha value is -2.97. The minimum absolute atomic E-state index is 0.303. The minimum Gasteiger partial charge on any atom is -0.496 e. The highest BCUT2D eigenvalue weighted by atomic mass is 32.1. The van der Waals surface area contributed by atoms with Crippen LogP contribution in [0.25, 0.3) is 10.6 Å². The van der Waals surface area contributed by atoms with Crippen LogP contribution in [-0.4, -0.2) is 43.3 Å². The summed E-state index contributed by atoms with van der Waals surface area (Å²) in [6.07, 6.45) is 1.54.